The smallest absolute Gasteiger partial charge is 0.308 e. The summed E-state index contributed by atoms with van der Waals surface area (Å²) in [5.41, 5.74) is 0.298. The molecule has 0 aromatic carbocycles. The van der Waals surface area contributed by atoms with Crippen molar-refractivity contribution in [1.82, 2.24) is 4.98 Å². The van der Waals surface area contributed by atoms with Crippen molar-refractivity contribution in [1.29, 1.82) is 0 Å². The van der Waals surface area contributed by atoms with Crippen LogP contribution >= 0.6 is 11.6 Å². The van der Waals surface area contributed by atoms with Crippen molar-refractivity contribution in [2.75, 3.05) is 6.61 Å². The number of hydrogen-bond donors (Lipinski definition) is 1. The van der Waals surface area contributed by atoms with Gasteiger partial charge in [-0.1, -0.05) is 11.6 Å². The van der Waals surface area contributed by atoms with Gasteiger partial charge in [0, 0.05) is 6.20 Å². The van der Waals surface area contributed by atoms with Crippen LogP contribution in [0.5, 0.6) is 0 Å². The summed E-state index contributed by atoms with van der Waals surface area (Å²) in [6.07, 6.45) is 0.359. The predicted molar refractivity (Wildman–Crippen MR) is 55.5 cm³/mol. The topological polar surface area (TPSA) is 59.4 Å². The number of carbonyl (C=O) groups excluding carboxylic acids is 1. The molecule has 0 spiro atoms. The molecule has 1 aromatic heterocycles. The van der Waals surface area contributed by atoms with Gasteiger partial charge in [0.15, 0.2) is 0 Å². The van der Waals surface area contributed by atoms with Crippen LogP contribution in [-0.4, -0.2) is 22.7 Å². The first-order valence-electron chi connectivity index (χ1n) is 4.59. The zero-order chi connectivity index (χ0) is 11.3. The molecule has 0 radical (unpaired) electrons. The first-order valence-corrected chi connectivity index (χ1v) is 4.97. The van der Waals surface area contributed by atoms with E-state index in [1.807, 2.05) is 0 Å². The van der Waals surface area contributed by atoms with E-state index in [4.69, 9.17) is 16.3 Å². The summed E-state index contributed by atoms with van der Waals surface area (Å²) in [5.74, 6) is -0.466. The molecule has 1 unspecified atom stereocenters. The number of hydrogen-bond acceptors (Lipinski definition) is 4. The highest BCUT2D eigenvalue weighted by atomic mass is 35.5. The summed E-state index contributed by atoms with van der Waals surface area (Å²) in [6, 6.07) is 3.27. The maximum atomic E-state index is 11.1. The van der Waals surface area contributed by atoms with Gasteiger partial charge in [0.25, 0.3) is 0 Å². The molecule has 1 N–H and O–H groups in total. The Labute approximate surface area is 92.8 Å². The number of aliphatic hydroxyl groups is 1. The van der Waals surface area contributed by atoms with Crippen molar-refractivity contribution in [3.8, 4) is 0 Å². The van der Waals surface area contributed by atoms with Gasteiger partial charge in [-0.3, -0.25) is 9.78 Å². The number of halogens is 1. The highest BCUT2D eigenvalue weighted by Crippen LogP contribution is 2.22. The minimum Gasteiger partial charge on any atom is -0.466 e. The van der Waals surface area contributed by atoms with Gasteiger partial charge >= 0.3 is 5.97 Å². The van der Waals surface area contributed by atoms with Crippen molar-refractivity contribution in [2.45, 2.75) is 19.4 Å². The monoisotopic (exact) mass is 229 g/mol. The maximum Gasteiger partial charge on any atom is 0.308 e. The molecule has 1 heterocycles. The van der Waals surface area contributed by atoms with Crippen molar-refractivity contribution in [3.05, 3.63) is 29.0 Å². The third-order valence-electron chi connectivity index (χ3n) is 1.77. The Morgan fingerprint density at radius 2 is 2.47 bits per heavy atom. The van der Waals surface area contributed by atoms with Crippen molar-refractivity contribution >= 4 is 17.6 Å². The van der Waals surface area contributed by atoms with Crippen molar-refractivity contribution < 1.29 is 14.6 Å². The summed E-state index contributed by atoms with van der Waals surface area (Å²) in [7, 11) is 0. The molecule has 0 saturated carbocycles. The zero-order valence-corrected chi connectivity index (χ0v) is 9.07. The Bertz CT molecular complexity index is 343. The van der Waals surface area contributed by atoms with E-state index in [0.29, 0.717) is 17.3 Å². The van der Waals surface area contributed by atoms with Gasteiger partial charge in [-0.05, 0) is 19.1 Å². The molecule has 0 amide bonds. The van der Waals surface area contributed by atoms with Crippen LogP contribution in [0.25, 0.3) is 0 Å². The van der Waals surface area contributed by atoms with Crippen LogP contribution in [-0.2, 0) is 9.53 Å². The number of rotatable bonds is 4. The molecule has 82 valence electrons. The molecule has 0 saturated heterocycles. The molecule has 4 nitrogen and oxygen atoms in total. The highest BCUT2D eigenvalue weighted by molar-refractivity contribution is 6.31. The molecule has 15 heavy (non-hydrogen) atoms. The Kier molecular flexibility index (Phi) is 4.52. The molecule has 0 aliphatic carbocycles. The van der Waals surface area contributed by atoms with Crippen LogP contribution in [0.3, 0.4) is 0 Å². The lowest BCUT2D eigenvalue weighted by Gasteiger charge is -2.10. The summed E-state index contributed by atoms with van der Waals surface area (Å²) in [5, 5.41) is 9.99. The van der Waals surface area contributed by atoms with Crippen LogP contribution in [0.1, 0.15) is 25.1 Å². The lowest BCUT2D eigenvalue weighted by Crippen LogP contribution is -2.11. The van der Waals surface area contributed by atoms with Crippen LogP contribution < -0.4 is 0 Å². The van der Waals surface area contributed by atoms with Gasteiger partial charge in [-0.25, -0.2) is 0 Å². The standard InChI is InChI=1S/C10H12ClNO3/c1-2-15-9(14)6-8(13)10-7(11)4-3-5-12-10/h3-5,8,13H,2,6H2,1H3. The Morgan fingerprint density at radius 3 is 3.07 bits per heavy atom. The summed E-state index contributed by atoms with van der Waals surface area (Å²) >= 11 is 5.81. The molecule has 1 aromatic rings. The van der Waals surface area contributed by atoms with E-state index in [9.17, 15) is 9.90 Å². The maximum absolute atomic E-state index is 11.1. The van der Waals surface area contributed by atoms with Crippen molar-refractivity contribution in [3.63, 3.8) is 0 Å². The van der Waals surface area contributed by atoms with Crippen molar-refractivity contribution in [2.24, 2.45) is 0 Å². The summed E-state index contributed by atoms with van der Waals surface area (Å²) in [4.78, 5) is 15.0. The van der Waals surface area contributed by atoms with E-state index in [1.54, 1.807) is 19.1 Å². The number of aromatic nitrogens is 1. The third kappa shape index (κ3) is 3.49. The predicted octanol–water partition coefficient (Wildman–Crippen LogP) is 1.72. The Balaban J connectivity index is 2.65. The molecule has 1 rings (SSSR count). The number of pyridine rings is 1. The summed E-state index contributed by atoms with van der Waals surface area (Å²) in [6.45, 7) is 2.00. The fraction of sp³-hybridized carbons (Fsp3) is 0.400. The van der Waals surface area contributed by atoms with Crippen LogP contribution in [0.15, 0.2) is 18.3 Å². The highest BCUT2D eigenvalue weighted by Gasteiger charge is 2.17. The van der Waals surface area contributed by atoms with Gasteiger partial charge in [0.1, 0.15) is 6.10 Å². The van der Waals surface area contributed by atoms with E-state index >= 15 is 0 Å². The molecule has 5 heteroatoms. The first-order chi connectivity index (χ1) is 7.15. The number of ether oxygens (including phenoxy) is 1. The number of aliphatic hydroxyl groups excluding tert-OH is 1. The fourth-order valence-electron chi connectivity index (χ4n) is 1.12. The molecule has 0 fully saturated rings. The van der Waals surface area contributed by atoms with E-state index in [0.717, 1.165) is 0 Å². The van der Waals surface area contributed by atoms with E-state index in [2.05, 4.69) is 4.98 Å². The average molecular weight is 230 g/mol. The lowest BCUT2D eigenvalue weighted by molar-refractivity contribution is -0.145. The minimum absolute atomic E-state index is 0.134. The van der Waals surface area contributed by atoms with Gasteiger partial charge in [0.2, 0.25) is 0 Å². The quantitative estimate of drug-likeness (QED) is 0.799. The summed E-state index contributed by atoms with van der Waals surface area (Å²) < 4.78 is 4.70. The number of carbonyl (C=O) groups is 1. The molecule has 0 aliphatic rings. The average Bonchev–Trinajstić information content (AvgIpc) is 2.18. The largest absolute Gasteiger partial charge is 0.466 e. The second-order valence-corrected chi connectivity index (χ2v) is 3.30. The fourth-order valence-corrected chi connectivity index (χ4v) is 1.37. The zero-order valence-electron chi connectivity index (χ0n) is 8.31. The van der Waals surface area contributed by atoms with E-state index in [-0.39, 0.29) is 6.42 Å². The van der Waals surface area contributed by atoms with E-state index < -0.39 is 12.1 Å². The SMILES string of the molecule is CCOC(=O)CC(O)c1ncccc1Cl. The van der Waals surface area contributed by atoms with Crippen LogP contribution in [0, 0.1) is 0 Å². The number of esters is 1. The van der Waals surface area contributed by atoms with Gasteiger partial charge < -0.3 is 9.84 Å². The van der Waals surface area contributed by atoms with Gasteiger partial charge in [-0.2, -0.15) is 0 Å². The van der Waals surface area contributed by atoms with Gasteiger partial charge in [0.05, 0.1) is 23.7 Å². The van der Waals surface area contributed by atoms with Gasteiger partial charge in [-0.15, -0.1) is 0 Å². The molecule has 0 bridgehead atoms. The minimum atomic E-state index is -1.02. The Morgan fingerprint density at radius 1 is 1.73 bits per heavy atom. The number of nitrogens with zero attached hydrogens (tertiary/aromatic N) is 1. The molecule has 0 aliphatic heterocycles. The normalized spacial score (nSPS) is 12.2. The third-order valence-corrected chi connectivity index (χ3v) is 2.09. The first kappa shape index (κ1) is 11.9. The molecular formula is C10H12ClNO3. The second kappa shape index (κ2) is 5.68. The second-order valence-electron chi connectivity index (χ2n) is 2.90. The van der Waals surface area contributed by atoms with Crippen LogP contribution in [0.2, 0.25) is 5.02 Å². The lowest BCUT2D eigenvalue weighted by atomic mass is 10.1. The van der Waals surface area contributed by atoms with Crippen LogP contribution in [0.4, 0.5) is 0 Å². The molecule has 1 atom stereocenters. The Hall–Kier alpha value is -1.13. The molecular weight excluding hydrogens is 218 g/mol. The van der Waals surface area contributed by atoms with E-state index in [1.165, 1.54) is 6.20 Å².